The zero-order valence-electron chi connectivity index (χ0n) is 17.0. The van der Waals surface area contributed by atoms with Crippen molar-refractivity contribution < 1.29 is 14.7 Å². The summed E-state index contributed by atoms with van der Waals surface area (Å²) in [5, 5.41) is 9.66. The monoisotopic (exact) mass is 378 g/mol. The summed E-state index contributed by atoms with van der Waals surface area (Å²) < 4.78 is 0. The zero-order chi connectivity index (χ0) is 19.7. The van der Waals surface area contributed by atoms with E-state index in [0.717, 1.165) is 56.1 Å². The predicted octanol–water partition coefficient (Wildman–Crippen LogP) is 5.32. The molecule has 1 N–H and O–H groups in total. The average Bonchev–Trinajstić information content (AvgIpc) is 2.98. The highest BCUT2D eigenvalue weighted by molar-refractivity contribution is 6.22. The summed E-state index contributed by atoms with van der Waals surface area (Å²) in [6, 6.07) is 7.15. The Kier molecular flexibility index (Phi) is 3.92. The number of ketones is 2. The molecular weight excluding hydrogens is 348 g/mol. The van der Waals surface area contributed by atoms with Crippen LogP contribution in [0.5, 0.6) is 5.75 Å². The van der Waals surface area contributed by atoms with Gasteiger partial charge in [-0.3, -0.25) is 9.59 Å². The van der Waals surface area contributed by atoms with Crippen LogP contribution in [0.4, 0.5) is 0 Å². The number of hydrogen-bond acceptors (Lipinski definition) is 3. The van der Waals surface area contributed by atoms with Crippen molar-refractivity contribution in [2.75, 3.05) is 0 Å². The summed E-state index contributed by atoms with van der Waals surface area (Å²) in [6.07, 6.45) is 7.60. The fourth-order valence-corrected chi connectivity index (χ4v) is 7.45. The van der Waals surface area contributed by atoms with Gasteiger partial charge in [0.15, 0.2) is 5.78 Å². The lowest BCUT2D eigenvalue weighted by Crippen LogP contribution is -2.51. The molecule has 1 aromatic rings. The molecule has 4 aliphatic carbocycles. The summed E-state index contributed by atoms with van der Waals surface area (Å²) in [5.74, 6) is 2.72. The summed E-state index contributed by atoms with van der Waals surface area (Å²) in [7, 11) is 0. The Balaban J connectivity index is 1.58. The molecule has 0 aromatic heterocycles. The van der Waals surface area contributed by atoms with Crippen molar-refractivity contribution in [3.05, 3.63) is 35.4 Å². The van der Waals surface area contributed by atoms with Gasteiger partial charge < -0.3 is 5.11 Å². The topological polar surface area (TPSA) is 54.4 Å². The molecule has 0 unspecified atom stereocenters. The SMILES string of the molecule is C[C@]12CCC(=O)C(c3ccc(O)cc3)=C1CC[C@@H]1[C@@H]2CC[C@]2(C)C(=O)CC[C@@H]12. The van der Waals surface area contributed by atoms with E-state index in [9.17, 15) is 14.7 Å². The van der Waals surface area contributed by atoms with Gasteiger partial charge in [-0.15, -0.1) is 0 Å². The van der Waals surface area contributed by atoms with Crippen LogP contribution in [0.15, 0.2) is 29.8 Å². The molecular formula is C25H30O3. The lowest BCUT2D eigenvalue weighted by Gasteiger charge is -2.57. The van der Waals surface area contributed by atoms with Crippen LogP contribution in [0.3, 0.4) is 0 Å². The Morgan fingerprint density at radius 3 is 2.32 bits per heavy atom. The van der Waals surface area contributed by atoms with Gasteiger partial charge in [0.25, 0.3) is 0 Å². The maximum Gasteiger partial charge on any atom is 0.163 e. The normalized spacial score (nSPS) is 40.1. The van der Waals surface area contributed by atoms with E-state index in [2.05, 4.69) is 13.8 Å². The molecule has 0 saturated heterocycles. The van der Waals surface area contributed by atoms with Gasteiger partial charge in [-0.25, -0.2) is 0 Å². The molecule has 28 heavy (non-hydrogen) atoms. The van der Waals surface area contributed by atoms with E-state index in [1.165, 1.54) is 5.57 Å². The van der Waals surface area contributed by atoms with Gasteiger partial charge in [0.2, 0.25) is 0 Å². The van der Waals surface area contributed by atoms with Gasteiger partial charge in [-0.1, -0.05) is 31.6 Å². The van der Waals surface area contributed by atoms with Gasteiger partial charge in [0.1, 0.15) is 11.5 Å². The van der Waals surface area contributed by atoms with Gasteiger partial charge in [-0.2, -0.15) is 0 Å². The van der Waals surface area contributed by atoms with E-state index in [4.69, 9.17) is 0 Å². The molecule has 3 fully saturated rings. The lowest BCUT2D eigenvalue weighted by molar-refractivity contribution is -0.132. The number of aromatic hydroxyl groups is 1. The molecule has 0 radical (unpaired) electrons. The molecule has 0 bridgehead atoms. The Labute approximate surface area is 167 Å². The molecule has 5 atom stereocenters. The summed E-state index contributed by atoms with van der Waals surface area (Å²) >= 11 is 0. The number of phenols is 1. The first-order valence-electron chi connectivity index (χ1n) is 10.9. The smallest absolute Gasteiger partial charge is 0.163 e. The van der Waals surface area contributed by atoms with Gasteiger partial charge >= 0.3 is 0 Å². The minimum Gasteiger partial charge on any atom is -0.508 e. The number of Topliss-reactive ketones (excluding diaryl/α,β-unsaturated/α-hetero) is 2. The van der Waals surface area contributed by atoms with E-state index >= 15 is 0 Å². The van der Waals surface area contributed by atoms with Gasteiger partial charge in [0, 0.05) is 23.8 Å². The molecule has 0 aliphatic heterocycles. The Bertz CT molecular complexity index is 880. The summed E-state index contributed by atoms with van der Waals surface area (Å²) in [4.78, 5) is 25.5. The van der Waals surface area contributed by atoms with E-state index in [1.54, 1.807) is 12.1 Å². The molecule has 148 valence electrons. The highest BCUT2D eigenvalue weighted by Gasteiger charge is 2.59. The third-order valence-corrected chi connectivity index (χ3v) is 8.99. The molecule has 4 aliphatic rings. The van der Waals surface area contributed by atoms with Crippen molar-refractivity contribution in [3.63, 3.8) is 0 Å². The molecule has 0 heterocycles. The van der Waals surface area contributed by atoms with Crippen molar-refractivity contribution in [1.82, 2.24) is 0 Å². The molecule has 3 saturated carbocycles. The van der Waals surface area contributed by atoms with Crippen LogP contribution >= 0.6 is 0 Å². The van der Waals surface area contributed by atoms with Crippen LogP contribution in [0.2, 0.25) is 0 Å². The molecule has 3 heteroatoms. The standard InChI is InChI=1S/C25H30O3/c1-24-14-12-21(27)23(15-3-5-16(26)6-4-15)20(24)8-7-17-18-9-10-22(28)25(18,2)13-11-19(17)24/h3-6,17-19,26H,7-14H2,1-2H3/t17-,18-,19-,24+,25-/m0/s1. The van der Waals surface area contributed by atoms with Crippen LogP contribution in [0, 0.1) is 28.6 Å². The second-order valence-corrected chi connectivity index (χ2v) is 10.1. The minimum absolute atomic E-state index is 0.0665. The molecule has 0 amide bonds. The van der Waals surface area contributed by atoms with Gasteiger partial charge in [0.05, 0.1) is 0 Å². The quantitative estimate of drug-likeness (QED) is 0.719. The second kappa shape index (κ2) is 6.05. The number of carbonyl (C=O) groups excluding carboxylic acids is 2. The first kappa shape index (κ1) is 18.1. The maximum absolute atomic E-state index is 12.9. The van der Waals surface area contributed by atoms with Crippen LogP contribution in [-0.4, -0.2) is 16.7 Å². The minimum atomic E-state index is -0.0942. The molecule has 0 spiro atoms. The molecule has 3 nitrogen and oxygen atoms in total. The maximum atomic E-state index is 12.9. The fourth-order valence-electron chi connectivity index (χ4n) is 7.45. The fraction of sp³-hybridized carbons (Fsp3) is 0.600. The van der Waals surface area contributed by atoms with Crippen LogP contribution in [0.25, 0.3) is 5.57 Å². The van der Waals surface area contributed by atoms with Crippen LogP contribution < -0.4 is 0 Å². The number of benzene rings is 1. The number of phenolic OH excluding ortho intramolecular Hbond substituents is 1. The lowest BCUT2D eigenvalue weighted by atomic mass is 9.46. The number of fused-ring (bicyclic) bond motifs is 5. The third-order valence-electron chi connectivity index (χ3n) is 8.99. The molecule has 1 aromatic carbocycles. The first-order valence-corrected chi connectivity index (χ1v) is 10.9. The summed E-state index contributed by atoms with van der Waals surface area (Å²) in [5.41, 5.74) is 3.20. The van der Waals surface area contributed by atoms with Crippen molar-refractivity contribution in [1.29, 1.82) is 0 Å². The molecule has 5 rings (SSSR count). The van der Waals surface area contributed by atoms with E-state index in [1.807, 2.05) is 12.1 Å². The van der Waals surface area contributed by atoms with Crippen molar-refractivity contribution in [2.24, 2.45) is 28.6 Å². The van der Waals surface area contributed by atoms with Crippen molar-refractivity contribution in [3.8, 4) is 5.75 Å². The third kappa shape index (κ3) is 2.34. The van der Waals surface area contributed by atoms with Gasteiger partial charge in [-0.05, 0) is 79.4 Å². The number of rotatable bonds is 1. The highest BCUT2D eigenvalue weighted by atomic mass is 16.3. The largest absolute Gasteiger partial charge is 0.508 e. The van der Waals surface area contributed by atoms with E-state index in [0.29, 0.717) is 30.0 Å². The highest BCUT2D eigenvalue weighted by Crippen LogP contribution is 2.65. The van der Waals surface area contributed by atoms with Crippen molar-refractivity contribution >= 4 is 17.1 Å². The summed E-state index contributed by atoms with van der Waals surface area (Å²) in [6.45, 7) is 4.62. The van der Waals surface area contributed by atoms with Crippen molar-refractivity contribution in [2.45, 2.75) is 65.2 Å². The zero-order valence-corrected chi connectivity index (χ0v) is 17.0. The van der Waals surface area contributed by atoms with Crippen LogP contribution in [0.1, 0.15) is 70.8 Å². The van der Waals surface area contributed by atoms with E-state index in [-0.39, 0.29) is 22.4 Å². The Hall–Kier alpha value is -1.90. The number of hydrogen-bond donors (Lipinski definition) is 1. The average molecular weight is 379 g/mol. The van der Waals surface area contributed by atoms with E-state index < -0.39 is 0 Å². The predicted molar refractivity (Wildman–Crippen MR) is 109 cm³/mol. The second-order valence-electron chi connectivity index (χ2n) is 10.1. The first-order chi connectivity index (χ1) is 13.3. The Morgan fingerprint density at radius 2 is 1.57 bits per heavy atom. The number of carbonyl (C=O) groups is 2. The number of allylic oxidation sites excluding steroid dienone is 1. The van der Waals surface area contributed by atoms with Crippen LogP contribution in [-0.2, 0) is 9.59 Å². The Morgan fingerprint density at radius 1 is 0.857 bits per heavy atom.